The van der Waals surface area contributed by atoms with Crippen molar-refractivity contribution in [1.82, 2.24) is 19.5 Å². The molecule has 11 aromatic rings. The average molecular weight is 721 g/mol. The maximum atomic E-state index is 6.61. The number of allylic oxidation sites excluding steroid dienone is 3. The molecule has 0 aliphatic rings. The van der Waals surface area contributed by atoms with Gasteiger partial charge >= 0.3 is 0 Å². The highest BCUT2D eigenvalue weighted by Crippen LogP contribution is 2.40. The number of hydrogen-bond acceptors (Lipinski definition) is 5. The zero-order valence-corrected chi connectivity index (χ0v) is 30.4. The van der Waals surface area contributed by atoms with E-state index in [9.17, 15) is 0 Å². The molecule has 0 fully saturated rings. The number of hydrogen-bond donors (Lipinski definition) is 0. The van der Waals surface area contributed by atoms with Crippen molar-refractivity contribution < 1.29 is 8.83 Å². The van der Waals surface area contributed by atoms with Gasteiger partial charge < -0.3 is 13.4 Å². The minimum Gasteiger partial charge on any atom is -0.455 e. The summed E-state index contributed by atoms with van der Waals surface area (Å²) in [5.41, 5.74) is 11.3. The number of benzene rings is 7. The average Bonchev–Trinajstić information content (AvgIpc) is 3.93. The lowest BCUT2D eigenvalue weighted by atomic mass is 10.0. The van der Waals surface area contributed by atoms with Gasteiger partial charge in [0.1, 0.15) is 22.3 Å². The van der Waals surface area contributed by atoms with Crippen LogP contribution in [0, 0.1) is 0 Å². The van der Waals surface area contributed by atoms with Crippen LogP contribution in [0.2, 0.25) is 0 Å². The van der Waals surface area contributed by atoms with Gasteiger partial charge in [-0.3, -0.25) is 0 Å². The Hall–Kier alpha value is -7.57. The highest BCUT2D eigenvalue weighted by atomic mass is 16.3. The summed E-state index contributed by atoms with van der Waals surface area (Å²) in [5.74, 6) is 1.73. The van der Waals surface area contributed by atoms with Crippen LogP contribution in [-0.4, -0.2) is 19.5 Å². The van der Waals surface area contributed by atoms with Crippen molar-refractivity contribution in [3.05, 3.63) is 176 Å². The van der Waals surface area contributed by atoms with E-state index >= 15 is 0 Å². The van der Waals surface area contributed by atoms with Gasteiger partial charge in [-0.05, 0) is 61.0 Å². The lowest BCUT2D eigenvalue weighted by Gasteiger charge is -2.10. The van der Waals surface area contributed by atoms with E-state index in [2.05, 4.69) is 109 Å². The molecule has 4 heterocycles. The Balaban J connectivity index is 1.10. The summed E-state index contributed by atoms with van der Waals surface area (Å²) >= 11 is 0. The van der Waals surface area contributed by atoms with Crippen molar-refractivity contribution in [3.8, 4) is 39.9 Å². The van der Waals surface area contributed by atoms with Crippen LogP contribution >= 0.6 is 0 Å². The zero-order chi connectivity index (χ0) is 37.3. The number of para-hydroxylation sites is 4. The van der Waals surface area contributed by atoms with Gasteiger partial charge in [-0.1, -0.05) is 116 Å². The van der Waals surface area contributed by atoms with E-state index in [0.29, 0.717) is 17.5 Å². The van der Waals surface area contributed by atoms with Crippen LogP contribution < -0.4 is 0 Å². The molecule has 0 N–H and O–H groups in total. The number of furan rings is 2. The van der Waals surface area contributed by atoms with Crippen molar-refractivity contribution in [1.29, 1.82) is 0 Å². The molecule has 264 valence electrons. The van der Waals surface area contributed by atoms with Crippen LogP contribution in [0.3, 0.4) is 0 Å². The minimum atomic E-state index is 0.554. The first kappa shape index (κ1) is 31.9. The molecule has 0 radical (unpaired) electrons. The summed E-state index contributed by atoms with van der Waals surface area (Å²) in [6.07, 6.45) is 3.83. The van der Waals surface area contributed by atoms with Gasteiger partial charge in [0.25, 0.3) is 0 Å². The second kappa shape index (κ2) is 12.5. The predicted molar refractivity (Wildman–Crippen MR) is 229 cm³/mol. The third-order valence-electron chi connectivity index (χ3n) is 10.8. The summed E-state index contributed by atoms with van der Waals surface area (Å²) in [7, 11) is 0. The monoisotopic (exact) mass is 720 g/mol. The third kappa shape index (κ3) is 4.93. The highest BCUT2D eigenvalue weighted by molar-refractivity contribution is 6.12. The Kier molecular flexibility index (Phi) is 7.13. The molecular weight excluding hydrogens is 689 g/mol. The fourth-order valence-electron chi connectivity index (χ4n) is 8.16. The number of rotatable bonds is 6. The summed E-state index contributed by atoms with van der Waals surface area (Å²) in [5, 5.41) is 6.48. The number of nitrogens with zero attached hydrogens (tertiary/aromatic N) is 4. The van der Waals surface area contributed by atoms with E-state index in [1.165, 1.54) is 0 Å². The standard InChI is InChI=1S/C50H32N4O2/c1-3-13-30(2)34-18-11-19-39-37-26-25-33(29-45(37)56-46(34)39)54-42-22-9-7-16-35(42)41-28-32(24-27-43(41)54)49-51-48(31-14-5-4-6-15-31)52-50(53-49)40-21-12-20-38-36-17-8-10-23-44(36)55-47(38)40/h3-29H,1H2,2H3/b30-13+. The maximum Gasteiger partial charge on any atom is 0.167 e. The van der Waals surface area contributed by atoms with E-state index in [-0.39, 0.29) is 0 Å². The summed E-state index contributed by atoms with van der Waals surface area (Å²) in [6.45, 7) is 5.97. The van der Waals surface area contributed by atoms with Crippen molar-refractivity contribution >= 4 is 71.3 Å². The SMILES string of the molecule is C=C/C=C(\C)c1cccc2c1oc1cc(-n3c4ccccc4c4cc(-c5nc(-c6ccccc6)nc(-c6cccc7c6oc6ccccc67)n5)ccc43)ccc12. The molecule has 0 amide bonds. The predicted octanol–water partition coefficient (Wildman–Crippen LogP) is 13.4. The van der Waals surface area contributed by atoms with Crippen molar-refractivity contribution in [2.24, 2.45) is 0 Å². The first-order chi connectivity index (χ1) is 27.6. The largest absolute Gasteiger partial charge is 0.455 e. The van der Waals surface area contributed by atoms with E-state index in [1.54, 1.807) is 0 Å². The van der Waals surface area contributed by atoms with Gasteiger partial charge in [-0.15, -0.1) is 0 Å². The molecular formula is C50H32N4O2. The van der Waals surface area contributed by atoms with Gasteiger partial charge in [0.15, 0.2) is 17.5 Å². The van der Waals surface area contributed by atoms with Crippen LogP contribution in [0.15, 0.2) is 179 Å². The second-order valence-corrected chi connectivity index (χ2v) is 14.1. The normalized spacial score (nSPS) is 12.2. The van der Waals surface area contributed by atoms with E-state index < -0.39 is 0 Å². The fourth-order valence-corrected chi connectivity index (χ4v) is 8.16. The van der Waals surface area contributed by atoms with E-state index in [0.717, 1.165) is 99.2 Å². The Morgan fingerprint density at radius 2 is 1.18 bits per heavy atom. The van der Waals surface area contributed by atoms with E-state index in [4.69, 9.17) is 23.8 Å². The quantitative estimate of drug-likeness (QED) is 0.160. The molecule has 0 aliphatic heterocycles. The molecule has 0 bridgehead atoms. The molecule has 7 aromatic carbocycles. The highest BCUT2D eigenvalue weighted by Gasteiger charge is 2.20. The Morgan fingerprint density at radius 3 is 2.04 bits per heavy atom. The van der Waals surface area contributed by atoms with Gasteiger partial charge in [0, 0.05) is 60.8 Å². The topological polar surface area (TPSA) is 69.9 Å². The zero-order valence-electron chi connectivity index (χ0n) is 30.4. The molecule has 0 aliphatic carbocycles. The fraction of sp³-hybridized carbons (Fsp3) is 0.0200. The van der Waals surface area contributed by atoms with Gasteiger partial charge in [-0.2, -0.15) is 0 Å². The van der Waals surface area contributed by atoms with Crippen LogP contribution in [0.4, 0.5) is 0 Å². The van der Waals surface area contributed by atoms with Crippen molar-refractivity contribution in [3.63, 3.8) is 0 Å². The lowest BCUT2D eigenvalue weighted by molar-refractivity contribution is 0.667. The van der Waals surface area contributed by atoms with Crippen LogP contribution in [0.25, 0.3) is 111 Å². The molecule has 0 spiro atoms. The summed E-state index contributed by atoms with van der Waals surface area (Å²) < 4.78 is 15.4. The first-order valence-corrected chi connectivity index (χ1v) is 18.6. The molecule has 0 unspecified atom stereocenters. The molecule has 0 atom stereocenters. The Morgan fingerprint density at radius 1 is 0.518 bits per heavy atom. The van der Waals surface area contributed by atoms with Gasteiger partial charge in [-0.25, -0.2) is 15.0 Å². The number of fused-ring (bicyclic) bond motifs is 9. The van der Waals surface area contributed by atoms with Crippen molar-refractivity contribution in [2.45, 2.75) is 6.92 Å². The van der Waals surface area contributed by atoms with E-state index in [1.807, 2.05) is 72.8 Å². The maximum absolute atomic E-state index is 6.61. The number of aromatic nitrogens is 4. The summed E-state index contributed by atoms with van der Waals surface area (Å²) in [4.78, 5) is 15.3. The molecule has 11 rings (SSSR count). The van der Waals surface area contributed by atoms with Crippen molar-refractivity contribution in [2.75, 3.05) is 0 Å². The third-order valence-corrected chi connectivity index (χ3v) is 10.8. The van der Waals surface area contributed by atoms with Crippen LogP contribution in [0.1, 0.15) is 12.5 Å². The smallest absolute Gasteiger partial charge is 0.167 e. The first-order valence-electron chi connectivity index (χ1n) is 18.6. The lowest BCUT2D eigenvalue weighted by Crippen LogP contribution is -2.00. The minimum absolute atomic E-state index is 0.554. The Labute approximate surface area is 321 Å². The molecule has 6 nitrogen and oxygen atoms in total. The summed E-state index contributed by atoms with van der Waals surface area (Å²) in [6, 6.07) is 52.1. The van der Waals surface area contributed by atoms with Crippen LogP contribution in [-0.2, 0) is 0 Å². The molecule has 0 saturated carbocycles. The van der Waals surface area contributed by atoms with Gasteiger partial charge in [0.2, 0.25) is 0 Å². The molecule has 4 aromatic heterocycles. The van der Waals surface area contributed by atoms with Crippen LogP contribution in [0.5, 0.6) is 0 Å². The molecule has 6 heteroatoms. The second-order valence-electron chi connectivity index (χ2n) is 14.1. The van der Waals surface area contributed by atoms with Gasteiger partial charge in [0.05, 0.1) is 16.6 Å². The molecule has 0 saturated heterocycles. The molecule has 56 heavy (non-hydrogen) atoms. The Bertz CT molecular complexity index is 3400.